The number of hydrogen-bond acceptors (Lipinski definition) is 2. The molecule has 0 unspecified atom stereocenters. The second-order valence-electron chi connectivity index (χ2n) is 2.72. The molecule has 0 amide bonds. The van der Waals surface area contributed by atoms with E-state index in [9.17, 15) is 0 Å². The molecule has 0 saturated heterocycles. The lowest BCUT2D eigenvalue weighted by Crippen LogP contribution is -2.00. The van der Waals surface area contributed by atoms with Crippen molar-refractivity contribution in [3.05, 3.63) is 23.3 Å². The van der Waals surface area contributed by atoms with Gasteiger partial charge in [0, 0.05) is 12.4 Å². The zero-order valence-corrected chi connectivity index (χ0v) is 7.69. The third-order valence-electron chi connectivity index (χ3n) is 1.97. The van der Waals surface area contributed by atoms with Gasteiger partial charge in [0.25, 0.3) is 0 Å². The lowest BCUT2D eigenvalue weighted by molar-refractivity contribution is 1.13. The van der Waals surface area contributed by atoms with Gasteiger partial charge in [-0.1, -0.05) is 12.4 Å². The molecular formula is C9H8BNS. The van der Waals surface area contributed by atoms with Crippen molar-refractivity contribution >= 4 is 34.7 Å². The maximum absolute atomic E-state index is 5.84. The molecule has 0 fully saturated rings. The maximum Gasteiger partial charge on any atom is 0.115 e. The van der Waals surface area contributed by atoms with Gasteiger partial charge in [-0.3, -0.25) is 4.98 Å². The molecule has 0 atom stereocenters. The molecule has 0 N–H and O–H groups in total. The predicted octanol–water partition coefficient (Wildman–Crippen LogP) is 1.65. The fourth-order valence-corrected chi connectivity index (χ4v) is 2.21. The number of pyridine rings is 1. The topological polar surface area (TPSA) is 12.9 Å². The van der Waals surface area contributed by atoms with Gasteiger partial charge in [0.1, 0.15) is 7.85 Å². The average molecular weight is 173 g/mol. The number of rotatable bonds is 1. The minimum absolute atomic E-state index is 0.884. The molecule has 2 aromatic heterocycles. The summed E-state index contributed by atoms with van der Waals surface area (Å²) >= 11 is 1.66. The molecule has 2 rings (SSSR count). The first-order chi connectivity index (χ1) is 5.83. The molecule has 2 aromatic rings. The highest BCUT2D eigenvalue weighted by Gasteiger charge is 2.03. The summed E-state index contributed by atoms with van der Waals surface area (Å²) < 4.78 is 1.19. The smallest absolute Gasteiger partial charge is 0.115 e. The molecule has 3 heteroatoms. The van der Waals surface area contributed by atoms with Gasteiger partial charge in [0.05, 0.1) is 4.70 Å². The van der Waals surface area contributed by atoms with Gasteiger partial charge in [0.15, 0.2) is 0 Å². The molecule has 0 aliphatic rings. The molecule has 0 saturated carbocycles. The zero-order valence-electron chi connectivity index (χ0n) is 6.87. The van der Waals surface area contributed by atoms with E-state index in [1.807, 2.05) is 17.8 Å². The first-order valence-corrected chi connectivity index (χ1v) is 4.80. The monoisotopic (exact) mass is 173 g/mol. The van der Waals surface area contributed by atoms with Gasteiger partial charge in [-0.05, 0) is 22.8 Å². The second-order valence-corrected chi connectivity index (χ2v) is 3.63. The van der Waals surface area contributed by atoms with Crippen molar-refractivity contribution in [2.75, 3.05) is 0 Å². The molecule has 0 bridgehead atoms. The lowest BCUT2D eigenvalue weighted by Gasteiger charge is -1.99. The standard InChI is InChI=1S/C9H8BNS/c1-2-6-3-11-4-8-9(6)7(10)5-12-8/h3-5H,2H2,1H3. The van der Waals surface area contributed by atoms with E-state index >= 15 is 0 Å². The van der Waals surface area contributed by atoms with E-state index in [1.165, 1.54) is 15.6 Å². The maximum atomic E-state index is 5.84. The van der Waals surface area contributed by atoms with Crippen LogP contribution in [0.25, 0.3) is 10.1 Å². The van der Waals surface area contributed by atoms with Gasteiger partial charge in [-0.2, -0.15) is 0 Å². The quantitative estimate of drug-likeness (QED) is 0.597. The molecule has 2 radical (unpaired) electrons. The van der Waals surface area contributed by atoms with Crippen molar-refractivity contribution in [3.8, 4) is 0 Å². The lowest BCUT2D eigenvalue weighted by atomic mass is 9.93. The summed E-state index contributed by atoms with van der Waals surface area (Å²) in [4.78, 5) is 4.15. The fraction of sp³-hybridized carbons (Fsp3) is 0.222. The van der Waals surface area contributed by atoms with Crippen molar-refractivity contribution in [1.82, 2.24) is 4.98 Å². The summed E-state index contributed by atoms with van der Waals surface area (Å²) in [6.07, 6.45) is 4.76. The Balaban J connectivity index is 2.84. The number of nitrogens with zero attached hydrogens (tertiary/aromatic N) is 1. The molecular weight excluding hydrogens is 165 g/mol. The van der Waals surface area contributed by atoms with E-state index in [2.05, 4.69) is 11.9 Å². The van der Waals surface area contributed by atoms with Crippen molar-refractivity contribution in [1.29, 1.82) is 0 Å². The number of thiophene rings is 1. The highest BCUT2D eigenvalue weighted by atomic mass is 32.1. The van der Waals surface area contributed by atoms with E-state index in [1.54, 1.807) is 11.3 Å². The van der Waals surface area contributed by atoms with Crippen LogP contribution in [0.1, 0.15) is 12.5 Å². The molecule has 58 valence electrons. The Labute approximate surface area is 76.9 Å². The van der Waals surface area contributed by atoms with Crippen LogP contribution in [0.5, 0.6) is 0 Å². The molecule has 1 nitrogen and oxygen atoms in total. The fourth-order valence-electron chi connectivity index (χ4n) is 1.35. The van der Waals surface area contributed by atoms with Crippen molar-refractivity contribution in [3.63, 3.8) is 0 Å². The summed E-state index contributed by atoms with van der Waals surface area (Å²) in [6, 6.07) is 0. The third kappa shape index (κ3) is 1.05. The van der Waals surface area contributed by atoms with Crippen molar-refractivity contribution in [2.45, 2.75) is 13.3 Å². The number of aromatic nitrogens is 1. The van der Waals surface area contributed by atoms with E-state index in [4.69, 9.17) is 7.85 Å². The van der Waals surface area contributed by atoms with Crippen LogP contribution in [-0.4, -0.2) is 12.8 Å². The first kappa shape index (κ1) is 7.81. The summed E-state index contributed by atoms with van der Waals surface area (Å²) in [5.74, 6) is 0. The molecule has 0 aromatic carbocycles. The SMILES string of the molecule is [B]c1csc2cncc(CC)c12. The van der Waals surface area contributed by atoms with Crippen molar-refractivity contribution < 1.29 is 0 Å². The summed E-state index contributed by atoms with van der Waals surface area (Å²) in [7, 11) is 5.84. The van der Waals surface area contributed by atoms with E-state index < -0.39 is 0 Å². The van der Waals surface area contributed by atoms with Gasteiger partial charge in [-0.15, -0.1) is 11.3 Å². The Morgan fingerprint density at radius 2 is 2.33 bits per heavy atom. The van der Waals surface area contributed by atoms with Crippen LogP contribution in [0.3, 0.4) is 0 Å². The van der Waals surface area contributed by atoms with Crippen LogP contribution in [-0.2, 0) is 6.42 Å². The third-order valence-corrected chi connectivity index (χ3v) is 2.91. The Kier molecular flexibility index (Phi) is 1.89. The average Bonchev–Trinajstić information content (AvgIpc) is 2.48. The van der Waals surface area contributed by atoms with E-state index in [0.717, 1.165) is 11.9 Å². The second kappa shape index (κ2) is 2.90. The highest BCUT2D eigenvalue weighted by molar-refractivity contribution is 7.18. The molecule has 2 heterocycles. The van der Waals surface area contributed by atoms with Crippen molar-refractivity contribution in [2.24, 2.45) is 0 Å². The summed E-state index contributed by atoms with van der Waals surface area (Å²) in [5, 5.41) is 3.17. The number of aryl methyl sites for hydroxylation is 1. The van der Waals surface area contributed by atoms with Crippen LogP contribution >= 0.6 is 11.3 Å². The Hall–Kier alpha value is -0.825. The van der Waals surface area contributed by atoms with E-state index in [0.29, 0.717) is 0 Å². The Morgan fingerprint density at radius 1 is 1.50 bits per heavy atom. The zero-order chi connectivity index (χ0) is 8.55. The van der Waals surface area contributed by atoms with Gasteiger partial charge >= 0.3 is 0 Å². The van der Waals surface area contributed by atoms with Crippen LogP contribution in [0.4, 0.5) is 0 Å². The minimum Gasteiger partial charge on any atom is -0.263 e. The Morgan fingerprint density at radius 3 is 3.08 bits per heavy atom. The Bertz CT molecular complexity index is 408. The first-order valence-electron chi connectivity index (χ1n) is 3.92. The van der Waals surface area contributed by atoms with Crippen LogP contribution in [0.2, 0.25) is 0 Å². The largest absolute Gasteiger partial charge is 0.263 e. The van der Waals surface area contributed by atoms with E-state index in [-0.39, 0.29) is 0 Å². The predicted molar refractivity (Wildman–Crippen MR) is 54.4 cm³/mol. The van der Waals surface area contributed by atoms with Crippen LogP contribution < -0.4 is 5.46 Å². The van der Waals surface area contributed by atoms with Gasteiger partial charge in [-0.25, -0.2) is 0 Å². The number of fused-ring (bicyclic) bond motifs is 1. The number of hydrogen-bond donors (Lipinski definition) is 0. The summed E-state index contributed by atoms with van der Waals surface area (Å²) in [6.45, 7) is 2.12. The molecule has 0 spiro atoms. The van der Waals surface area contributed by atoms with Gasteiger partial charge in [0.2, 0.25) is 0 Å². The minimum atomic E-state index is 0.884. The molecule has 0 aliphatic carbocycles. The summed E-state index contributed by atoms with van der Waals surface area (Å²) in [5.41, 5.74) is 2.13. The van der Waals surface area contributed by atoms with Crippen LogP contribution in [0.15, 0.2) is 17.8 Å². The van der Waals surface area contributed by atoms with Crippen LogP contribution in [0, 0.1) is 0 Å². The highest BCUT2D eigenvalue weighted by Crippen LogP contribution is 2.20. The molecule has 12 heavy (non-hydrogen) atoms. The normalized spacial score (nSPS) is 10.8. The van der Waals surface area contributed by atoms with Gasteiger partial charge < -0.3 is 0 Å². The molecule has 0 aliphatic heterocycles.